The van der Waals surface area contributed by atoms with Gasteiger partial charge in [-0.1, -0.05) is 0 Å². The van der Waals surface area contributed by atoms with Crippen LogP contribution in [0, 0.1) is 0 Å². The first-order valence-corrected chi connectivity index (χ1v) is 22.5. The number of alkyl halides is 13. The molecule has 0 aliphatic heterocycles. The molecule has 0 aliphatic carbocycles. The summed E-state index contributed by atoms with van der Waals surface area (Å²) in [5.41, 5.74) is -6.56. The molecular weight excluding hydrogens is 612 g/mol. The third kappa shape index (κ3) is 6.77. The Morgan fingerprint density at radius 1 is 0.459 bits per heavy atom. The third-order valence-electron chi connectivity index (χ3n) is 4.20. The molecular formula is C17H31F13O3Si4. The second-order valence-corrected chi connectivity index (χ2v) is 28.2. The van der Waals surface area contributed by atoms with Crippen LogP contribution in [0.5, 0.6) is 0 Å². The molecule has 20 heteroatoms. The minimum atomic E-state index is -7.89. The fraction of sp³-hybridized carbons (Fsp3) is 1.00. The van der Waals surface area contributed by atoms with Gasteiger partial charge in [-0.05, 0) is 65.8 Å². The Balaban J connectivity index is 7.50. The number of rotatable bonds is 13. The van der Waals surface area contributed by atoms with Gasteiger partial charge in [0.15, 0.2) is 31.1 Å². The van der Waals surface area contributed by atoms with Crippen LogP contribution in [0.4, 0.5) is 57.1 Å². The van der Waals surface area contributed by atoms with E-state index >= 15 is 17.6 Å². The van der Waals surface area contributed by atoms with Crippen molar-refractivity contribution in [1.82, 2.24) is 0 Å². The first-order valence-electron chi connectivity index (χ1n) is 10.6. The van der Waals surface area contributed by atoms with Crippen LogP contribution >= 0.6 is 0 Å². The zero-order valence-corrected chi connectivity index (χ0v) is 25.7. The highest BCUT2D eigenvalue weighted by atomic mass is 28.5. The van der Waals surface area contributed by atoms with E-state index in [-0.39, 0.29) is 0 Å². The van der Waals surface area contributed by atoms with Crippen LogP contribution < -0.4 is 0 Å². The van der Waals surface area contributed by atoms with Crippen molar-refractivity contribution in [2.24, 2.45) is 0 Å². The lowest BCUT2D eigenvalue weighted by Crippen LogP contribution is -2.80. The standard InChI is InChI=1S/C17H31F13O3Si4/c1-11(18)12(19,20)13(21,22)14(23,24)15(25,26)16(27,28)17(29,30)37(31-34(2,3)4,32-35(5,6)7)33-36(8,9)10/h11H,1-10H3. The predicted octanol–water partition coefficient (Wildman–Crippen LogP) is 8.19. The summed E-state index contributed by atoms with van der Waals surface area (Å²) in [4.78, 5) is 0. The molecule has 0 rings (SSSR count). The molecule has 0 amide bonds. The van der Waals surface area contributed by atoms with E-state index in [9.17, 15) is 39.5 Å². The van der Waals surface area contributed by atoms with E-state index in [2.05, 4.69) is 0 Å². The zero-order valence-electron chi connectivity index (χ0n) is 21.7. The van der Waals surface area contributed by atoms with Gasteiger partial charge in [-0.25, -0.2) is 4.39 Å². The van der Waals surface area contributed by atoms with Crippen molar-refractivity contribution in [2.45, 2.75) is 107 Å². The molecule has 0 spiro atoms. The van der Waals surface area contributed by atoms with E-state index in [1.54, 1.807) is 0 Å². The molecule has 0 aromatic heterocycles. The third-order valence-corrected chi connectivity index (χ3v) is 15.9. The van der Waals surface area contributed by atoms with Gasteiger partial charge in [0, 0.05) is 0 Å². The molecule has 3 nitrogen and oxygen atoms in total. The van der Waals surface area contributed by atoms with E-state index in [1.807, 2.05) is 0 Å². The Morgan fingerprint density at radius 3 is 0.919 bits per heavy atom. The average molecular weight is 643 g/mol. The van der Waals surface area contributed by atoms with Gasteiger partial charge in [-0.2, -0.15) is 52.7 Å². The smallest absolute Gasteiger partial charge is 0.413 e. The maximum absolute atomic E-state index is 15.7. The molecule has 0 aromatic rings. The van der Waals surface area contributed by atoms with Crippen LogP contribution in [0.25, 0.3) is 0 Å². The number of halogens is 13. The van der Waals surface area contributed by atoms with E-state index < -0.39 is 82.0 Å². The molecule has 0 aromatic carbocycles. The lowest BCUT2D eigenvalue weighted by Gasteiger charge is -2.49. The van der Waals surface area contributed by atoms with E-state index in [0.29, 0.717) is 0 Å². The molecule has 0 saturated carbocycles. The molecule has 0 heterocycles. The van der Waals surface area contributed by atoms with Gasteiger partial charge in [0.25, 0.3) is 0 Å². The Labute approximate surface area is 210 Å². The highest BCUT2D eigenvalue weighted by molar-refractivity contribution is 6.91. The highest BCUT2D eigenvalue weighted by Gasteiger charge is 2.94. The van der Waals surface area contributed by atoms with Crippen LogP contribution in [0.1, 0.15) is 6.92 Å². The molecule has 1 atom stereocenters. The van der Waals surface area contributed by atoms with Crippen LogP contribution in [0.3, 0.4) is 0 Å². The topological polar surface area (TPSA) is 27.7 Å². The van der Waals surface area contributed by atoms with Crippen LogP contribution in [0.15, 0.2) is 0 Å². The quantitative estimate of drug-likeness (QED) is 0.150. The second kappa shape index (κ2) is 10.0. The summed E-state index contributed by atoms with van der Waals surface area (Å²) in [5.74, 6) is -37.5. The van der Waals surface area contributed by atoms with Crippen molar-refractivity contribution < 1.29 is 69.4 Å². The van der Waals surface area contributed by atoms with Gasteiger partial charge in [-0.3, -0.25) is 0 Å². The zero-order chi connectivity index (χ0) is 30.7. The van der Waals surface area contributed by atoms with Crippen molar-refractivity contribution in [3.63, 3.8) is 0 Å². The van der Waals surface area contributed by atoms with Crippen LogP contribution in [0.2, 0.25) is 58.9 Å². The minimum absolute atomic E-state index is 0.432. The normalized spacial score (nSPS) is 17.3. The maximum Gasteiger partial charge on any atom is 0.551 e. The summed E-state index contributed by atoms with van der Waals surface area (Å²) in [6.45, 7) is 9.64. The Morgan fingerprint density at radius 2 is 0.703 bits per heavy atom. The van der Waals surface area contributed by atoms with Gasteiger partial charge in [-0.15, -0.1) is 0 Å². The van der Waals surface area contributed by atoms with Crippen LogP contribution in [-0.4, -0.2) is 75.1 Å². The largest absolute Gasteiger partial charge is 0.551 e. The molecule has 0 aliphatic rings. The fourth-order valence-electron chi connectivity index (χ4n) is 2.71. The summed E-state index contributed by atoms with van der Waals surface area (Å²) < 4.78 is 202. The number of hydrogen-bond donors (Lipinski definition) is 0. The van der Waals surface area contributed by atoms with Crippen molar-refractivity contribution in [3.8, 4) is 0 Å². The van der Waals surface area contributed by atoms with Gasteiger partial charge in [0.2, 0.25) is 0 Å². The molecule has 0 radical (unpaired) electrons. The Hall–Kier alpha value is -0.162. The van der Waals surface area contributed by atoms with Crippen molar-refractivity contribution in [1.29, 1.82) is 0 Å². The van der Waals surface area contributed by atoms with Crippen molar-refractivity contribution >= 4 is 33.8 Å². The average Bonchev–Trinajstić information content (AvgIpc) is 2.55. The maximum atomic E-state index is 15.7. The molecule has 0 saturated heterocycles. The van der Waals surface area contributed by atoms with E-state index in [0.717, 1.165) is 58.9 Å². The summed E-state index contributed by atoms with van der Waals surface area (Å²) in [5, 5.41) is 0. The molecule has 224 valence electrons. The lowest BCUT2D eigenvalue weighted by molar-refractivity contribution is -0.423. The predicted molar refractivity (Wildman–Crippen MR) is 119 cm³/mol. The first kappa shape index (κ1) is 36.8. The second-order valence-electron chi connectivity index (χ2n) is 11.3. The SMILES string of the molecule is CC(F)C(F)(F)C(F)(F)C(F)(F)C(F)(F)C(F)(F)C(F)(F)[Si](O[Si](C)(C)C)(O[Si](C)(C)C)O[Si](C)(C)C. The van der Waals surface area contributed by atoms with Crippen LogP contribution in [-0.2, 0) is 12.3 Å². The van der Waals surface area contributed by atoms with Gasteiger partial charge in [0.05, 0.1) is 0 Å². The van der Waals surface area contributed by atoms with Gasteiger partial charge >= 0.3 is 44.0 Å². The van der Waals surface area contributed by atoms with Crippen molar-refractivity contribution in [3.05, 3.63) is 0 Å². The van der Waals surface area contributed by atoms with E-state index in [4.69, 9.17) is 12.3 Å². The Bertz CT molecular complexity index is 763. The lowest BCUT2D eigenvalue weighted by atomic mass is 9.92. The van der Waals surface area contributed by atoms with Crippen molar-refractivity contribution in [2.75, 3.05) is 0 Å². The summed E-state index contributed by atoms with van der Waals surface area (Å²) >= 11 is 0. The monoisotopic (exact) mass is 642 g/mol. The Kier molecular flexibility index (Phi) is 9.99. The molecule has 0 bridgehead atoms. The fourth-order valence-corrected chi connectivity index (χ4v) is 16.1. The van der Waals surface area contributed by atoms with Gasteiger partial charge < -0.3 is 12.3 Å². The summed E-state index contributed by atoms with van der Waals surface area (Å²) in [6.07, 6.45) is -4.26. The van der Waals surface area contributed by atoms with Gasteiger partial charge in [0.1, 0.15) is 0 Å². The summed E-state index contributed by atoms with van der Waals surface area (Å²) in [7, 11) is -17.3. The first-order chi connectivity index (χ1) is 15.6. The molecule has 1 unspecified atom stereocenters. The minimum Gasteiger partial charge on any atom is -0.413 e. The van der Waals surface area contributed by atoms with E-state index in [1.165, 1.54) is 0 Å². The molecule has 0 N–H and O–H groups in total. The molecule has 37 heavy (non-hydrogen) atoms. The number of hydrogen-bond acceptors (Lipinski definition) is 3. The molecule has 0 fully saturated rings. The highest BCUT2D eigenvalue weighted by Crippen LogP contribution is 2.62. The summed E-state index contributed by atoms with van der Waals surface area (Å²) in [6, 6.07) is 0.